The van der Waals surface area contributed by atoms with Crippen molar-refractivity contribution in [2.24, 2.45) is 0 Å². The Morgan fingerprint density at radius 1 is 1.35 bits per heavy atom. The van der Waals surface area contributed by atoms with Gasteiger partial charge in [-0.1, -0.05) is 0 Å². The molecule has 1 heterocycles. The van der Waals surface area contributed by atoms with Gasteiger partial charge in [0, 0.05) is 6.20 Å². The number of nitrogens with zero attached hydrogens (tertiary/aromatic N) is 1. The van der Waals surface area contributed by atoms with Crippen molar-refractivity contribution < 1.29 is 22.7 Å². The van der Waals surface area contributed by atoms with Crippen molar-refractivity contribution >= 4 is 5.97 Å². The van der Waals surface area contributed by atoms with Crippen LogP contribution in [0.3, 0.4) is 0 Å². The van der Waals surface area contributed by atoms with E-state index in [9.17, 15) is 18.0 Å². The van der Waals surface area contributed by atoms with Crippen molar-refractivity contribution in [3.8, 4) is 0 Å². The highest BCUT2D eigenvalue weighted by molar-refractivity contribution is 5.91. The van der Waals surface area contributed by atoms with Crippen LogP contribution < -0.4 is 0 Å². The van der Waals surface area contributed by atoms with Crippen LogP contribution in [0, 0.1) is 6.20 Å². The first-order valence-electron chi connectivity index (χ1n) is 4.78. The molecule has 1 aromatic heterocycles. The summed E-state index contributed by atoms with van der Waals surface area (Å²) in [5, 5.41) is 0. The maximum Gasteiger partial charge on any atom is 0.417 e. The molecule has 0 saturated carbocycles. The van der Waals surface area contributed by atoms with Crippen LogP contribution in [0.25, 0.3) is 0 Å². The van der Waals surface area contributed by atoms with Crippen molar-refractivity contribution in [1.29, 1.82) is 0 Å². The SMILES string of the molecule is CC(C)(C)OC(=O)c1cn[c]cc1C(F)(F)F. The highest BCUT2D eigenvalue weighted by Gasteiger charge is 2.36. The van der Waals surface area contributed by atoms with Gasteiger partial charge in [0.2, 0.25) is 0 Å². The summed E-state index contributed by atoms with van der Waals surface area (Å²) in [6, 6.07) is 0.624. The van der Waals surface area contributed by atoms with Gasteiger partial charge in [0.25, 0.3) is 0 Å². The number of hydrogen-bond donors (Lipinski definition) is 0. The van der Waals surface area contributed by atoms with Gasteiger partial charge in [-0.25, -0.2) is 4.79 Å². The lowest BCUT2D eigenvalue weighted by Gasteiger charge is -2.20. The molecule has 17 heavy (non-hydrogen) atoms. The third kappa shape index (κ3) is 3.72. The number of ether oxygens (including phenoxy) is 1. The van der Waals surface area contributed by atoms with Crippen molar-refractivity contribution in [3.05, 3.63) is 29.6 Å². The minimum Gasteiger partial charge on any atom is -0.456 e. The van der Waals surface area contributed by atoms with Gasteiger partial charge in [-0.3, -0.25) is 4.98 Å². The van der Waals surface area contributed by atoms with Crippen molar-refractivity contribution in [2.45, 2.75) is 32.5 Å². The lowest BCUT2D eigenvalue weighted by Crippen LogP contribution is -2.25. The second kappa shape index (κ2) is 4.35. The first kappa shape index (κ1) is 13.5. The molecule has 0 aromatic carbocycles. The van der Waals surface area contributed by atoms with Gasteiger partial charge < -0.3 is 4.74 Å². The van der Waals surface area contributed by atoms with Gasteiger partial charge in [0.1, 0.15) is 5.60 Å². The quantitative estimate of drug-likeness (QED) is 0.715. The van der Waals surface area contributed by atoms with E-state index in [0.717, 1.165) is 6.20 Å². The smallest absolute Gasteiger partial charge is 0.417 e. The largest absolute Gasteiger partial charge is 0.456 e. The average molecular weight is 246 g/mol. The normalized spacial score (nSPS) is 12.4. The number of rotatable bonds is 1. The van der Waals surface area contributed by atoms with E-state index in [1.54, 1.807) is 20.8 Å². The molecule has 0 aliphatic rings. The molecule has 0 aliphatic carbocycles. The second-order valence-electron chi connectivity index (χ2n) is 4.36. The van der Waals surface area contributed by atoms with E-state index in [-0.39, 0.29) is 0 Å². The Hall–Kier alpha value is -1.59. The number of halogens is 3. The second-order valence-corrected chi connectivity index (χ2v) is 4.36. The van der Waals surface area contributed by atoms with E-state index in [4.69, 9.17) is 4.74 Å². The summed E-state index contributed by atoms with van der Waals surface area (Å²) in [7, 11) is 0. The van der Waals surface area contributed by atoms with Crippen LogP contribution in [0.1, 0.15) is 36.7 Å². The summed E-state index contributed by atoms with van der Waals surface area (Å²) in [4.78, 5) is 14.9. The summed E-state index contributed by atoms with van der Waals surface area (Å²) < 4.78 is 42.6. The van der Waals surface area contributed by atoms with Crippen molar-refractivity contribution in [2.75, 3.05) is 0 Å². The summed E-state index contributed by atoms with van der Waals surface area (Å²) in [5.74, 6) is -1.05. The molecule has 0 bridgehead atoms. The Balaban J connectivity index is 3.11. The predicted molar refractivity (Wildman–Crippen MR) is 53.2 cm³/mol. The Morgan fingerprint density at radius 3 is 2.41 bits per heavy atom. The highest BCUT2D eigenvalue weighted by atomic mass is 19.4. The van der Waals surface area contributed by atoms with Crippen LogP contribution in [-0.2, 0) is 10.9 Å². The van der Waals surface area contributed by atoms with E-state index in [2.05, 4.69) is 4.98 Å². The molecule has 93 valence electrons. The molecule has 0 saturated heterocycles. The third-order valence-corrected chi connectivity index (χ3v) is 1.69. The van der Waals surface area contributed by atoms with Gasteiger partial charge in [-0.15, -0.1) is 0 Å². The monoisotopic (exact) mass is 246 g/mol. The molecular formula is C11H11F3NO2. The zero-order valence-electron chi connectivity index (χ0n) is 9.55. The number of hydrogen-bond acceptors (Lipinski definition) is 3. The minimum absolute atomic E-state index is 0.605. The number of alkyl halides is 3. The first-order chi connectivity index (χ1) is 7.61. The Labute approximate surface area is 96.6 Å². The van der Waals surface area contributed by atoms with Gasteiger partial charge in [-0.05, 0) is 26.8 Å². The van der Waals surface area contributed by atoms with Crippen molar-refractivity contribution in [3.63, 3.8) is 0 Å². The van der Waals surface area contributed by atoms with E-state index < -0.39 is 28.9 Å². The molecule has 1 rings (SSSR count). The topological polar surface area (TPSA) is 39.2 Å². The summed E-state index contributed by atoms with van der Waals surface area (Å²) in [6.07, 6.45) is -1.78. The molecule has 1 radical (unpaired) electrons. The number of pyridine rings is 1. The van der Waals surface area contributed by atoms with Gasteiger partial charge in [0.05, 0.1) is 17.3 Å². The Morgan fingerprint density at radius 2 is 1.94 bits per heavy atom. The number of esters is 1. The molecule has 0 N–H and O–H groups in total. The zero-order chi connectivity index (χ0) is 13.3. The van der Waals surface area contributed by atoms with Crippen LogP contribution in [-0.4, -0.2) is 16.6 Å². The molecule has 6 heteroatoms. The predicted octanol–water partition coefficient (Wildman–Crippen LogP) is 2.86. The summed E-state index contributed by atoms with van der Waals surface area (Å²) >= 11 is 0. The molecular weight excluding hydrogens is 235 g/mol. The van der Waals surface area contributed by atoms with Crippen LogP contribution in [0.4, 0.5) is 13.2 Å². The molecule has 0 amide bonds. The standard InChI is InChI=1S/C11H11F3NO2/c1-10(2,3)17-9(16)7-6-15-5-4-8(7)11(12,13)14/h4,6H,1-3H3. The first-order valence-corrected chi connectivity index (χ1v) is 4.78. The maximum absolute atomic E-state index is 12.6. The molecule has 0 spiro atoms. The van der Waals surface area contributed by atoms with Crippen molar-refractivity contribution in [1.82, 2.24) is 4.98 Å². The summed E-state index contributed by atoms with van der Waals surface area (Å²) in [5.41, 5.74) is -2.56. The lowest BCUT2D eigenvalue weighted by atomic mass is 10.1. The Bertz CT molecular complexity index is 421. The fourth-order valence-corrected chi connectivity index (χ4v) is 1.08. The third-order valence-electron chi connectivity index (χ3n) is 1.69. The van der Waals surface area contributed by atoms with E-state index in [1.165, 1.54) is 0 Å². The van der Waals surface area contributed by atoms with Crippen LogP contribution in [0.5, 0.6) is 0 Å². The van der Waals surface area contributed by atoms with E-state index >= 15 is 0 Å². The fourth-order valence-electron chi connectivity index (χ4n) is 1.08. The molecule has 3 nitrogen and oxygen atoms in total. The van der Waals surface area contributed by atoms with Gasteiger partial charge >= 0.3 is 12.1 Å². The number of carbonyl (C=O) groups is 1. The summed E-state index contributed by atoms with van der Waals surface area (Å²) in [6.45, 7) is 4.71. The van der Waals surface area contributed by atoms with Crippen LogP contribution in [0.15, 0.2) is 12.3 Å². The lowest BCUT2D eigenvalue weighted by molar-refractivity contribution is -0.138. The van der Waals surface area contributed by atoms with Gasteiger partial charge in [-0.2, -0.15) is 13.2 Å². The molecule has 0 atom stereocenters. The van der Waals surface area contributed by atoms with Crippen LogP contribution >= 0.6 is 0 Å². The van der Waals surface area contributed by atoms with Gasteiger partial charge in [0.15, 0.2) is 0 Å². The van der Waals surface area contributed by atoms with E-state index in [0.29, 0.717) is 6.07 Å². The van der Waals surface area contributed by atoms with E-state index in [1.807, 2.05) is 6.20 Å². The average Bonchev–Trinajstić information content (AvgIpc) is 2.13. The van der Waals surface area contributed by atoms with Crippen LogP contribution in [0.2, 0.25) is 0 Å². The maximum atomic E-state index is 12.6. The molecule has 0 aliphatic heterocycles. The molecule has 1 aromatic rings. The zero-order valence-corrected chi connectivity index (χ0v) is 9.55. The number of aromatic nitrogens is 1. The molecule has 0 unspecified atom stereocenters. The molecule has 0 fully saturated rings. The Kier molecular flexibility index (Phi) is 3.45. The minimum atomic E-state index is -4.63. The fraction of sp³-hybridized carbons (Fsp3) is 0.455. The number of carbonyl (C=O) groups excluding carboxylic acids is 1. The highest BCUT2D eigenvalue weighted by Crippen LogP contribution is 2.32.